The number of carbonyl (C=O) groups is 1. The summed E-state index contributed by atoms with van der Waals surface area (Å²) in [7, 11) is 3.29. The molecule has 0 bridgehead atoms. The normalized spacial score (nSPS) is 26.5. The molecule has 0 aromatic carbocycles. The second-order valence-electron chi connectivity index (χ2n) is 3.97. The molecule has 1 rings (SSSR count). The monoisotopic (exact) mass is 216 g/mol. The van der Waals surface area contributed by atoms with Crippen molar-refractivity contribution in [2.24, 2.45) is 5.92 Å². The standard InChI is InChI=1S/C10H20N2O3/c1-11-9-5-8(3-4-13)6-12(7-9)10(14)15-2/h8-9,11,13H,3-7H2,1-2H3. The summed E-state index contributed by atoms with van der Waals surface area (Å²) < 4.78 is 4.71. The van der Waals surface area contributed by atoms with E-state index in [0.29, 0.717) is 25.0 Å². The van der Waals surface area contributed by atoms with Gasteiger partial charge >= 0.3 is 6.09 Å². The number of aliphatic hydroxyl groups excluding tert-OH is 1. The first-order valence-electron chi connectivity index (χ1n) is 5.32. The number of nitrogens with zero attached hydrogens (tertiary/aromatic N) is 1. The van der Waals surface area contributed by atoms with E-state index in [-0.39, 0.29) is 12.7 Å². The molecular weight excluding hydrogens is 196 g/mol. The van der Waals surface area contributed by atoms with Crippen LogP contribution in [-0.4, -0.2) is 56.0 Å². The zero-order valence-electron chi connectivity index (χ0n) is 9.40. The minimum absolute atomic E-state index is 0.177. The molecule has 2 N–H and O–H groups in total. The Balaban J connectivity index is 2.54. The summed E-state index contributed by atoms with van der Waals surface area (Å²) in [5.74, 6) is 0.361. The predicted molar refractivity (Wildman–Crippen MR) is 56.6 cm³/mol. The Hall–Kier alpha value is -0.810. The van der Waals surface area contributed by atoms with Crippen LogP contribution in [0.25, 0.3) is 0 Å². The molecule has 0 aromatic heterocycles. The molecule has 2 unspecified atom stereocenters. The first kappa shape index (κ1) is 12.3. The van der Waals surface area contributed by atoms with Crippen LogP contribution in [0.3, 0.4) is 0 Å². The SMILES string of the molecule is CNC1CC(CCO)CN(C(=O)OC)C1. The molecule has 0 radical (unpaired) electrons. The van der Waals surface area contributed by atoms with Crippen LogP contribution < -0.4 is 5.32 Å². The van der Waals surface area contributed by atoms with E-state index in [1.807, 2.05) is 7.05 Å². The molecule has 1 amide bonds. The molecule has 5 heteroatoms. The van der Waals surface area contributed by atoms with Gasteiger partial charge in [0, 0.05) is 25.7 Å². The second kappa shape index (κ2) is 5.92. The van der Waals surface area contributed by atoms with Gasteiger partial charge in [-0.2, -0.15) is 0 Å². The lowest BCUT2D eigenvalue weighted by molar-refractivity contribution is 0.0856. The Bertz CT molecular complexity index is 211. The third kappa shape index (κ3) is 3.35. The fraction of sp³-hybridized carbons (Fsp3) is 0.900. The third-order valence-corrected chi connectivity index (χ3v) is 2.92. The van der Waals surface area contributed by atoms with Gasteiger partial charge in [-0.1, -0.05) is 0 Å². The van der Waals surface area contributed by atoms with Gasteiger partial charge in [-0.25, -0.2) is 4.79 Å². The fourth-order valence-corrected chi connectivity index (χ4v) is 2.08. The number of ether oxygens (including phenoxy) is 1. The smallest absolute Gasteiger partial charge is 0.409 e. The molecule has 0 aliphatic carbocycles. The van der Waals surface area contributed by atoms with Crippen molar-refractivity contribution >= 4 is 6.09 Å². The molecule has 0 spiro atoms. The molecule has 1 saturated heterocycles. The number of aliphatic hydroxyl groups is 1. The second-order valence-corrected chi connectivity index (χ2v) is 3.97. The Labute approximate surface area is 90.4 Å². The summed E-state index contributed by atoms with van der Waals surface area (Å²) >= 11 is 0. The van der Waals surface area contributed by atoms with Crippen LogP contribution in [0, 0.1) is 5.92 Å². The van der Waals surface area contributed by atoms with E-state index in [4.69, 9.17) is 9.84 Å². The summed E-state index contributed by atoms with van der Waals surface area (Å²) in [5.41, 5.74) is 0. The first-order chi connectivity index (χ1) is 7.21. The zero-order chi connectivity index (χ0) is 11.3. The molecule has 1 aliphatic heterocycles. The lowest BCUT2D eigenvalue weighted by atomic mass is 9.92. The average Bonchev–Trinajstić information content (AvgIpc) is 2.28. The number of likely N-dealkylation sites (N-methyl/N-ethyl adjacent to an activating group) is 1. The van der Waals surface area contributed by atoms with Crippen molar-refractivity contribution in [3.05, 3.63) is 0 Å². The van der Waals surface area contributed by atoms with E-state index in [1.165, 1.54) is 7.11 Å². The molecule has 5 nitrogen and oxygen atoms in total. The van der Waals surface area contributed by atoms with Gasteiger partial charge in [-0.15, -0.1) is 0 Å². The zero-order valence-corrected chi connectivity index (χ0v) is 9.40. The quantitative estimate of drug-likeness (QED) is 0.699. The molecule has 1 aliphatic rings. The maximum atomic E-state index is 11.4. The van der Waals surface area contributed by atoms with Crippen molar-refractivity contribution in [3.63, 3.8) is 0 Å². The number of carbonyl (C=O) groups excluding carboxylic acids is 1. The third-order valence-electron chi connectivity index (χ3n) is 2.92. The van der Waals surface area contributed by atoms with Gasteiger partial charge in [0.25, 0.3) is 0 Å². The van der Waals surface area contributed by atoms with Crippen LogP contribution in [-0.2, 0) is 4.74 Å². The van der Waals surface area contributed by atoms with E-state index in [1.54, 1.807) is 4.90 Å². The highest BCUT2D eigenvalue weighted by molar-refractivity contribution is 5.67. The van der Waals surface area contributed by atoms with Crippen molar-refractivity contribution in [1.82, 2.24) is 10.2 Å². The molecule has 88 valence electrons. The summed E-state index contributed by atoms with van der Waals surface area (Å²) in [6.07, 6.45) is 1.47. The number of piperidine rings is 1. The number of rotatable bonds is 3. The maximum absolute atomic E-state index is 11.4. The molecule has 1 heterocycles. The number of likely N-dealkylation sites (tertiary alicyclic amines) is 1. The van der Waals surface area contributed by atoms with E-state index >= 15 is 0 Å². The molecular formula is C10H20N2O3. The topological polar surface area (TPSA) is 61.8 Å². The van der Waals surface area contributed by atoms with Crippen molar-refractivity contribution in [1.29, 1.82) is 0 Å². The van der Waals surface area contributed by atoms with Gasteiger partial charge in [-0.3, -0.25) is 0 Å². The molecule has 1 fully saturated rings. The highest BCUT2D eigenvalue weighted by Crippen LogP contribution is 2.20. The van der Waals surface area contributed by atoms with Gasteiger partial charge in [0.05, 0.1) is 7.11 Å². The van der Waals surface area contributed by atoms with Crippen LogP contribution in [0.15, 0.2) is 0 Å². The predicted octanol–water partition coefficient (Wildman–Crippen LogP) is 0.0451. The van der Waals surface area contributed by atoms with Gasteiger partial charge in [0.1, 0.15) is 0 Å². The number of amides is 1. The maximum Gasteiger partial charge on any atom is 0.409 e. The van der Waals surface area contributed by atoms with Gasteiger partial charge < -0.3 is 20.1 Å². The van der Waals surface area contributed by atoms with E-state index in [9.17, 15) is 4.79 Å². The summed E-state index contributed by atoms with van der Waals surface area (Å²) in [6.45, 7) is 1.55. The summed E-state index contributed by atoms with van der Waals surface area (Å²) in [4.78, 5) is 13.1. The summed E-state index contributed by atoms with van der Waals surface area (Å²) in [6, 6.07) is 0.300. The van der Waals surface area contributed by atoms with Gasteiger partial charge in [0.15, 0.2) is 0 Å². The molecule has 0 saturated carbocycles. The minimum Gasteiger partial charge on any atom is -0.453 e. The lowest BCUT2D eigenvalue weighted by Crippen LogP contribution is -2.50. The van der Waals surface area contributed by atoms with Crippen LogP contribution in [0.4, 0.5) is 4.79 Å². The Morgan fingerprint density at radius 1 is 1.60 bits per heavy atom. The fourth-order valence-electron chi connectivity index (χ4n) is 2.08. The molecule has 15 heavy (non-hydrogen) atoms. The largest absolute Gasteiger partial charge is 0.453 e. The number of hydrogen-bond donors (Lipinski definition) is 2. The summed E-state index contributed by atoms with van der Waals surface area (Å²) in [5, 5.41) is 12.1. The van der Waals surface area contributed by atoms with Crippen LogP contribution >= 0.6 is 0 Å². The molecule has 0 aromatic rings. The average molecular weight is 216 g/mol. The van der Waals surface area contributed by atoms with E-state index in [0.717, 1.165) is 12.8 Å². The first-order valence-corrected chi connectivity index (χ1v) is 5.32. The minimum atomic E-state index is -0.280. The van der Waals surface area contributed by atoms with Gasteiger partial charge in [-0.05, 0) is 25.8 Å². The Morgan fingerprint density at radius 2 is 2.33 bits per heavy atom. The van der Waals surface area contributed by atoms with Crippen LogP contribution in [0.2, 0.25) is 0 Å². The van der Waals surface area contributed by atoms with E-state index < -0.39 is 0 Å². The van der Waals surface area contributed by atoms with Crippen molar-refractivity contribution in [2.75, 3.05) is 33.9 Å². The highest BCUT2D eigenvalue weighted by atomic mass is 16.5. The van der Waals surface area contributed by atoms with Gasteiger partial charge in [0.2, 0.25) is 0 Å². The highest BCUT2D eigenvalue weighted by Gasteiger charge is 2.29. The van der Waals surface area contributed by atoms with Crippen molar-refractivity contribution in [2.45, 2.75) is 18.9 Å². The number of hydrogen-bond acceptors (Lipinski definition) is 4. The molecule has 2 atom stereocenters. The van der Waals surface area contributed by atoms with E-state index in [2.05, 4.69) is 5.32 Å². The number of nitrogens with one attached hydrogen (secondary N) is 1. The van der Waals surface area contributed by atoms with Crippen molar-refractivity contribution < 1.29 is 14.6 Å². The van der Waals surface area contributed by atoms with Crippen molar-refractivity contribution in [3.8, 4) is 0 Å². The lowest BCUT2D eigenvalue weighted by Gasteiger charge is -2.36. The Morgan fingerprint density at radius 3 is 2.87 bits per heavy atom. The number of methoxy groups -OCH3 is 1. The van der Waals surface area contributed by atoms with Crippen LogP contribution in [0.1, 0.15) is 12.8 Å². The van der Waals surface area contributed by atoms with Crippen LogP contribution in [0.5, 0.6) is 0 Å². The Kier molecular flexibility index (Phi) is 4.84.